The van der Waals surface area contributed by atoms with Crippen LogP contribution in [0, 0.1) is 0 Å². The summed E-state index contributed by atoms with van der Waals surface area (Å²) in [7, 11) is 0. The van der Waals surface area contributed by atoms with E-state index in [9.17, 15) is 0 Å². The van der Waals surface area contributed by atoms with Crippen LogP contribution in [-0.2, 0) is 0 Å². The molecule has 1 aromatic carbocycles. The van der Waals surface area contributed by atoms with Crippen molar-refractivity contribution in [3.63, 3.8) is 0 Å². The number of nitrogen functional groups attached to an aromatic ring is 1. The predicted molar refractivity (Wildman–Crippen MR) is 94.8 cm³/mol. The number of aromatic nitrogens is 1. The first-order valence-corrected chi connectivity index (χ1v) is 8.50. The Kier molecular flexibility index (Phi) is 4.12. The van der Waals surface area contributed by atoms with E-state index in [1.807, 2.05) is 12.1 Å². The number of fused-ring (bicyclic) bond motifs is 1. The van der Waals surface area contributed by atoms with Crippen molar-refractivity contribution in [2.24, 2.45) is 0 Å². The van der Waals surface area contributed by atoms with Crippen molar-refractivity contribution in [3.8, 4) is 0 Å². The van der Waals surface area contributed by atoms with Crippen LogP contribution in [0.4, 0.5) is 11.4 Å². The summed E-state index contributed by atoms with van der Waals surface area (Å²) in [4.78, 5) is 5.71. The average molecular weight is 362 g/mol. The summed E-state index contributed by atoms with van der Waals surface area (Å²) < 4.78 is 1.02. The lowest BCUT2D eigenvalue weighted by Crippen LogP contribution is -2.10. The van der Waals surface area contributed by atoms with Gasteiger partial charge in [-0.05, 0) is 36.1 Å². The Morgan fingerprint density at radius 1 is 1.38 bits per heavy atom. The van der Waals surface area contributed by atoms with Crippen LogP contribution >= 0.6 is 27.3 Å². The molecule has 5 heteroatoms. The molecule has 0 saturated heterocycles. The van der Waals surface area contributed by atoms with Gasteiger partial charge in [0, 0.05) is 14.7 Å². The molecule has 3 N–H and O–H groups in total. The van der Waals surface area contributed by atoms with Crippen molar-refractivity contribution >= 4 is 49.5 Å². The zero-order valence-electron chi connectivity index (χ0n) is 11.6. The molecule has 0 fully saturated rings. The quantitative estimate of drug-likeness (QED) is 0.670. The molecule has 3 nitrogen and oxygen atoms in total. The van der Waals surface area contributed by atoms with Crippen LogP contribution in [0.25, 0.3) is 10.9 Å². The first-order valence-electron chi connectivity index (χ1n) is 6.82. The average Bonchev–Trinajstić information content (AvgIpc) is 3.00. The van der Waals surface area contributed by atoms with E-state index < -0.39 is 0 Å². The third-order valence-electron chi connectivity index (χ3n) is 3.47. The monoisotopic (exact) mass is 361 g/mol. The van der Waals surface area contributed by atoms with Crippen LogP contribution in [0.1, 0.15) is 24.3 Å². The fourth-order valence-electron chi connectivity index (χ4n) is 2.38. The number of pyridine rings is 1. The molecule has 1 unspecified atom stereocenters. The van der Waals surface area contributed by atoms with Crippen LogP contribution in [0.5, 0.6) is 0 Å². The van der Waals surface area contributed by atoms with Gasteiger partial charge in [-0.3, -0.25) is 4.98 Å². The maximum absolute atomic E-state index is 6.16. The van der Waals surface area contributed by atoms with Gasteiger partial charge in [0.1, 0.15) is 0 Å². The van der Waals surface area contributed by atoms with Crippen LogP contribution < -0.4 is 11.1 Å². The minimum absolute atomic E-state index is 0.261. The van der Waals surface area contributed by atoms with Crippen LogP contribution in [0.2, 0.25) is 0 Å². The van der Waals surface area contributed by atoms with E-state index in [0.29, 0.717) is 5.69 Å². The Morgan fingerprint density at radius 2 is 2.24 bits per heavy atom. The Hall–Kier alpha value is -1.59. The number of hydrogen-bond donors (Lipinski definition) is 2. The maximum Gasteiger partial charge on any atom is 0.0743 e. The number of nitrogens with one attached hydrogen (secondary N) is 1. The molecule has 21 heavy (non-hydrogen) atoms. The first-order chi connectivity index (χ1) is 10.2. The molecular weight excluding hydrogens is 346 g/mol. The van der Waals surface area contributed by atoms with E-state index in [1.54, 1.807) is 17.5 Å². The summed E-state index contributed by atoms with van der Waals surface area (Å²) in [6, 6.07) is 10.5. The molecule has 0 saturated carbocycles. The van der Waals surface area contributed by atoms with Crippen LogP contribution in [-0.4, -0.2) is 4.98 Å². The number of anilines is 2. The lowest BCUT2D eigenvalue weighted by atomic mass is 10.1. The highest BCUT2D eigenvalue weighted by molar-refractivity contribution is 9.10. The van der Waals surface area contributed by atoms with Crippen LogP contribution in [0.15, 0.2) is 46.4 Å². The molecule has 3 aromatic rings. The molecule has 0 aliphatic carbocycles. The molecule has 108 valence electrons. The third-order valence-corrected chi connectivity index (χ3v) is 4.95. The Bertz CT molecular complexity index is 750. The predicted octanol–water partition coefficient (Wildman–Crippen LogP) is 5.20. The normalized spacial score (nSPS) is 12.5. The lowest BCUT2D eigenvalue weighted by Gasteiger charge is -2.20. The second-order valence-electron chi connectivity index (χ2n) is 4.87. The van der Waals surface area contributed by atoms with Crippen molar-refractivity contribution in [3.05, 3.63) is 51.3 Å². The SMILES string of the molecule is CCC(Nc1c(N)cnc2ccc(Br)cc12)c1cccs1. The number of nitrogens with two attached hydrogens (primary N) is 1. The van der Waals surface area contributed by atoms with Crippen molar-refractivity contribution in [1.29, 1.82) is 0 Å². The van der Waals surface area contributed by atoms with Gasteiger partial charge in [-0.25, -0.2) is 0 Å². The van der Waals surface area contributed by atoms with E-state index in [-0.39, 0.29) is 6.04 Å². The second-order valence-corrected chi connectivity index (χ2v) is 6.77. The molecule has 0 spiro atoms. The van der Waals surface area contributed by atoms with Gasteiger partial charge in [0.25, 0.3) is 0 Å². The van der Waals surface area contributed by atoms with Crippen molar-refractivity contribution in [1.82, 2.24) is 4.98 Å². The Balaban J connectivity index is 2.06. The standard InChI is InChI=1S/C16H16BrN3S/c1-2-13(15-4-3-7-21-15)20-16-11-8-10(17)5-6-14(11)19-9-12(16)18/h3-9,13H,2,18H2,1H3,(H,19,20). The number of benzene rings is 1. The van der Waals surface area contributed by atoms with E-state index in [4.69, 9.17) is 5.73 Å². The fraction of sp³-hybridized carbons (Fsp3) is 0.188. The highest BCUT2D eigenvalue weighted by atomic mass is 79.9. The van der Waals surface area contributed by atoms with Gasteiger partial charge in [-0.2, -0.15) is 0 Å². The number of thiophene rings is 1. The van der Waals surface area contributed by atoms with Gasteiger partial charge in [0.2, 0.25) is 0 Å². The third kappa shape index (κ3) is 2.89. The second kappa shape index (κ2) is 6.03. The van der Waals surface area contributed by atoms with E-state index in [2.05, 4.69) is 56.7 Å². The van der Waals surface area contributed by atoms with Crippen molar-refractivity contribution < 1.29 is 0 Å². The molecule has 2 heterocycles. The number of nitrogens with zero attached hydrogens (tertiary/aromatic N) is 1. The van der Waals surface area contributed by atoms with Crippen molar-refractivity contribution in [2.75, 3.05) is 11.1 Å². The summed E-state index contributed by atoms with van der Waals surface area (Å²) in [5.74, 6) is 0. The molecule has 1 atom stereocenters. The summed E-state index contributed by atoms with van der Waals surface area (Å²) in [6.07, 6.45) is 2.72. The molecule has 0 radical (unpaired) electrons. The van der Waals surface area contributed by atoms with E-state index >= 15 is 0 Å². The van der Waals surface area contributed by atoms with Gasteiger partial charge in [0.05, 0.1) is 29.1 Å². The molecule has 0 bridgehead atoms. The number of rotatable bonds is 4. The Labute approximate surface area is 136 Å². The highest BCUT2D eigenvalue weighted by Crippen LogP contribution is 2.34. The van der Waals surface area contributed by atoms with Gasteiger partial charge >= 0.3 is 0 Å². The number of hydrogen-bond acceptors (Lipinski definition) is 4. The molecular formula is C16H16BrN3S. The smallest absolute Gasteiger partial charge is 0.0743 e. The van der Waals surface area contributed by atoms with Crippen LogP contribution in [0.3, 0.4) is 0 Å². The first kappa shape index (κ1) is 14.4. The minimum atomic E-state index is 0.261. The molecule has 2 aromatic heterocycles. The van der Waals surface area contributed by atoms with Gasteiger partial charge in [0.15, 0.2) is 0 Å². The Morgan fingerprint density at radius 3 is 2.95 bits per heavy atom. The van der Waals surface area contributed by atoms with E-state index in [0.717, 1.165) is 27.5 Å². The van der Waals surface area contributed by atoms with Gasteiger partial charge in [-0.15, -0.1) is 11.3 Å². The summed E-state index contributed by atoms with van der Waals surface area (Å²) >= 11 is 5.28. The van der Waals surface area contributed by atoms with E-state index in [1.165, 1.54) is 4.88 Å². The lowest BCUT2D eigenvalue weighted by molar-refractivity contribution is 0.765. The highest BCUT2D eigenvalue weighted by Gasteiger charge is 2.14. The van der Waals surface area contributed by atoms with Gasteiger partial charge < -0.3 is 11.1 Å². The molecule has 0 aliphatic rings. The largest absolute Gasteiger partial charge is 0.396 e. The summed E-state index contributed by atoms with van der Waals surface area (Å²) in [5.41, 5.74) is 8.73. The fourth-order valence-corrected chi connectivity index (χ4v) is 3.60. The summed E-state index contributed by atoms with van der Waals surface area (Å²) in [6.45, 7) is 2.17. The molecule has 0 amide bonds. The topological polar surface area (TPSA) is 50.9 Å². The zero-order valence-corrected chi connectivity index (χ0v) is 14.0. The molecule has 3 rings (SSSR count). The molecule has 0 aliphatic heterocycles. The van der Waals surface area contributed by atoms with Crippen molar-refractivity contribution in [2.45, 2.75) is 19.4 Å². The number of halogens is 1. The maximum atomic E-state index is 6.16. The minimum Gasteiger partial charge on any atom is -0.396 e. The van der Waals surface area contributed by atoms with Gasteiger partial charge in [-0.1, -0.05) is 28.9 Å². The zero-order chi connectivity index (χ0) is 14.8. The summed E-state index contributed by atoms with van der Waals surface area (Å²) in [5, 5.41) is 6.74.